The second kappa shape index (κ2) is 8.37. The molecule has 0 aliphatic carbocycles. The maximum absolute atomic E-state index is 12.7. The van der Waals surface area contributed by atoms with E-state index in [0.717, 1.165) is 22.3 Å². The van der Waals surface area contributed by atoms with Gasteiger partial charge in [-0.1, -0.05) is 35.9 Å². The molecule has 0 fully saturated rings. The number of carbonyl (C=O) groups is 1. The lowest BCUT2D eigenvalue weighted by molar-refractivity contribution is -0.116. The van der Waals surface area contributed by atoms with Crippen molar-refractivity contribution in [1.29, 1.82) is 0 Å². The summed E-state index contributed by atoms with van der Waals surface area (Å²) in [6.45, 7) is 2.38. The van der Waals surface area contributed by atoms with Gasteiger partial charge in [0.1, 0.15) is 24.7 Å². The van der Waals surface area contributed by atoms with Gasteiger partial charge in [-0.05, 0) is 61.0 Å². The van der Waals surface area contributed by atoms with Crippen molar-refractivity contribution in [2.75, 3.05) is 5.32 Å². The van der Waals surface area contributed by atoms with Crippen LogP contribution in [-0.4, -0.2) is 15.5 Å². The largest absolute Gasteiger partial charge is 0.486 e. The van der Waals surface area contributed by atoms with Gasteiger partial charge in [-0.15, -0.1) is 0 Å². The number of hydrogen-bond donors (Lipinski definition) is 1. The van der Waals surface area contributed by atoms with Crippen LogP contribution in [0.3, 0.4) is 0 Å². The fourth-order valence-electron chi connectivity index (χ4n) is 3.16. The fraction of sp³-hybridized carbons (Fsp3) is 0.130. The number of halogens is 1. The van der Waals surface area contributed by atoms with E-state index in [-0.39, 0.29) is 19.1 Å². The summed E-state index contributed by atoms with van der Waals surface area (Å²) in [6.07, 6.45) is 0. The van der Waals surface area contributed by atoms with Crippen LogP contribution in [0.5, 0.6) is 5.75 Å². The van der Waals surface area contributed by atoms with E-state index in [4.69, 9.17) is 16.3 Å². The molecule has 0 atom stereocenters. The highest BCUT2D eigenvalue weighted by atomic mass is 35.5. The molecule has 6 heteroatoms. The Bertz CT molecular complexity index is 1150. The van der Waals surface area contributed by atoms with Gasteiger partial charge in [0.2, 0.25) is 5.91 Å². The Morgan fingerprint density at radius 1 is 1.07 bits per heavy atom. The second-order valence-corrected chi connectivity index (χ2v) is 7.20. The highest BCUT2D eigenvalue weighted by Gasteiger charge is 2.14. The normalized spacial score (nSPS) is 10.8. The third-order valence-corrected chi connectivity index (χ3v) is 4.77. The van der Waals surface area contributed by atoms with E-state index >= 15 is 0 Å². The molecular formula is C23H20ClN3O2. The molecule has 4 aromatic rings. The molecule has 0 radical (unpaired) electrons. The minimum Gasteiger partial charge on any atom is -0.486 e. The number of rotatable bonds is 6. The Hall–Kier alpha value is -3.31. The van der Waals surface area contributed by atoms with Crippen LogP contribution >= 0.6 is 11.6 Å². The number of para-hydroxylation sites is 2. The predicted octanol–water partition coefficient (Wildman–Crippen LogP) is 5.22. The van der Waals surface area contributed by atoms with Gasteiger partial charge in [0.25, 0.3) is 0 Å². The van der Waals surface area contributed by atoms with Gasteiger partial charge in [-0.3, -0.25) is 4.79 Å². The predicted molar refractivity (Wildman–Crippen MR) is 115 cm³/mol. The van der Waals surface area contributed by atoms with E-state index in [1.54, 1.807) is 24.3 Å². The fourth-order valence-corrected chi connectivity index (χ4v) is 3.28. The van der Waals surface area contributed by atoms with Crippen LogP contribution in [0.2, 0.25) is 5.02 Å². The summed E-state index contributed by atoms with van der Waals surface area (Å²) in [4.78, 5) is 17.3. The number of nitrogens with one attached hydrogen (secondary N) is 1. The second-order valence-electron chi connectivity index (χ2n) is 6.76. The summed E-state index contributed by atoms with van der Waals surface area (Å²) in [7, 11) is 0. The van der Waals surface area contributed by atoms with Crippen molar-refractivity contribution in [2.24, 2.45) is 0 Å². The van der Waals surface area contributed by atoms with Crippen LogP contribution in [0.15, 0.2) is 72.8 Å². The average molecular weight is 406 g/mol. The summed E-state index contributed by atoms with van der Waals surface area (Å²) in [6, 6.07) is 22.6. The molecule has 1 amide bonds. The zero-order chi connectivity index (χ0) is 20.2. The zero-order valence-corrected chi connectivity index (χ0v) is 16.7. The Morgan fingerprint density at radius 3 is 2.66 bits per heavy atom. The van der Waals surface area contributed by atoms with Crippen LogP contribution in [0.1, 0.15) is 11.4 Å². The van der Waals surface area contributed by atoms with Crippen LogP contribution in [0, 0.1) is 6.92 Å². The number of benzene rings is 3. The lowest BCUT2D eigenvalue weighted by Crippen LogP contribution is -2.20. The summed E-state index contributed by atoms with van der Waals surface area (Å²) >= 11 is 5.92. The van der Waals surface area contributed by atoms with Gasteiger partial charge in [0, 0.05) is 10.7 Å². The monoisotopic (exact) mass is 405 g/mol. The third-order valence-electron chi connectivity index (χ3n) is 4.52. The standard InChI is InChI=1S/C23H20ClN3O2/c1-16-5-4-6-18(13-16)25-23(28)14-27-21-8-3-2-7-20(21)26-22(27)15-29-19-11-9-17(24)10-12-19/h2-13H,14-15H2,1H3,(H,25,28). The average Bonchev–Trinajstić information content (AvgIpc) is 3.05. The van der Waals surface area contributed by atoms with Crippen molar-refractivity contribution in [3.05, 3.63) is 89.2 Å². The molecule has 5 nitrogen and oxygen atoms in total. The van der Waals surface area contributed by atoms with Gasteiger partial charge in [0.15, 0.2) is 0 Å². The van der Waals surface area contributed by atoms with Crippen LogP contribution in [0.4, 0.5) is 5.69 Å². The Morgan fingerprint density at radius 2 is 1.86 bits per heavy atom. The van der Waals surface area contributed by atoms with Gasteiger partial charge in [-0.2, -0.15) is 0 Å². The van der Waals surface area contributed by atoms with Gasteiger partial charge >= 0.3 is 0 Å². The summed E-state index contributed by atoms with van der Waals surface area (Å²) in [5.41, 5.74) is 3.58. The number of carbonyl (C=O) groups excluding carboxylic acids is 1. The Balaban J connectivity index is 1.56. The molecule has 3 aromatic carbocycles. The first-order valence-corrected chi connectivity index (χ1v) is 9.65. The number of imidazole rings is 1. The number of nitrogens with zero attached hydrogens (tertiary/aromatic N) is 2. The molecule has 1 N–H and O–H groups in total. The zero-order valence-electron chi connectivity index (χ0n) is 15.9. The molecule has 146 valence electrons. The van der Waals surface area contributed by atoms with E-state index in [2.05, 4.69) is 10.3 Å². The molecule has 0 aliphatic rings. The minimum absolute atomic E-state index is 0.119. The maximum Gasteiger partial charge on any atom is 0.244 e. The lowest BCUT2D eigenvalue weighted by Gasteiger charge is -2.11. The number of hydrogen-bond acceptors (Lipinski definition) is 3. The maximum atomic E-state index is 12.7. The Kier molecular flexibility index (Phi) is 5.49. The molecule has 4 rings (SSSR count). The minimum atomic E-state index is -0.119. The van der Waals surface area contributed by atoms with E-state index in [0.29, 0.717) is 16.6 Å². The number of amides is 1. The van der Waals surface area contributed by atoms with E-state index in [1.165, 1.54) is 0 Å². The van der Waals surface area contributed by atoms with Gasteiger partial charge in [-0.25, -0.2) is 4.98 Å². The highest BCUT2D eigenvalue weighted by Crippen LogP contribution is 2.20. The van der Waals surface area contributed by atoms with Crippen molar-refractivity contribution in [1.82, 2.24) is 9.55 Å². The quantitative estimate of drug-likeness (QED) is 0.478. The molecule has 0 saturated carbocycles. The molecule has 0 saturated heterocycles. The van der Waals surface area contributed by atoms with E-state index < -0.39 is 0 Å². The molecule has 1 aromatic heterocycles. The van der Waals surface area contributed by atoms with Crippen LogP contribution < -0.4 is 10.1 Å². The van der Waals surface area contributed by atoms with Crippen molar-refractivity contribution >= 4 is 34.2 Å². The van der Waals surface area contributed by atoms with Crippen molar-refractivity contribution in [3.63, 3.8) is 0 Å². The van der Waals surface area contributed by atoms with Crippen molar-refractivity contribution < 1.29 is 9.53 Å². The molecule has 0 aliphatic heterocycles. The van der Waals surface area contributed by atoms with Crippen molar-refractivity contribution in [3.8, 4) is 5.75 Å². The molecule has 1 heterocycles. The summed E-state index contributed by atoms with van der Waals surface area (Å²) in [5.74, 6) is 1.25. The molecular weight excluding hydrogens is 386 g/mol. The van der Waals surface area contributed by atoms with Gasteiger partial charge in [0.05, 0.1) is 11.0 Å². The molecule has 0 bridgehead atoms. The lowest BCUT2D eigenvalue weighted by atomic mass is 10.2. The SMILES string of the molecule is Cc1cccc(NC(=O)Cn2c(COc3ccc(Cl)cc3)nc3ccccc32)c1. The molecule has 0 spiro atoms. The number of aromatic nitrogens is 2. The van der Waals surface area contributed by atoms with Crippen LogP contribution in [-0.2, 0) is 17.9 Å². The first-order valence-electron chi connectivity index (χ1n) is 9.27. The number of ether oxygens (including phenoxy) is 1. The molecule has 0 unspecified atom stereocenters. The van der Waals surface area contributed by atoms with Crippen molar-refractivity contribution in [2.45, 2.75) is 20.1 Å². The number of anilines is 1. The number of aryl methyl sites for hydroxylation is 1. The smallest absolute Gasteiger partial charge is 0.244 e. The highest BCUT2D eigenvalue weighted by molar-refractivity contribution is 6.30. The first-order chi connectivity index (χ1) is 14.1. The summed E-state index contributed by atoms with van der Waals surface area (Å²) in [5, 5.41) is 3.60. The summed E-state index contributed by atoms with van der Waals surface area (Å²) < 4.78 is 7.74. The molecule has 29 heavy (non-hydrogen) atoms. The van der Waals surface area contributed by atoms with Gasteiger partial charge < -0.3 is 14.6 Å². The van der Waals surface area contributed by atoms with Crippen LogP contribution in [0.25, 0.3) is 11.0 Å². The first kappa shape index (κ1) is 19.0. The number of fused-ring (bicyclic) bond motifs is 1. The third kappa shape index (κ3) is 4.58. The topological polar surface area (TPSA) is 56.2 Å². The Labute approximate surface area is 173 Å². The van der Waals surface area contributed by atoms with E-state index in [1.807, 2.05) is 60.0 Å². The van der Waals surface area contributed by atoms with E-state index in [9.17, 15) is 4.79 Å².